The minimum atomic E-state index is -1.36. The summed E-state index contributed by atoms with van der Waals surface area (Å²) < 4.78 is 5.57. The van der Waals surface area contributed by atoms with Crippen LogP contribution in [0.25, 0.3) is 0 Å². The zero-order chi connectivity index (χ0) is 30.7. The van der Waals surface area contributed by atoms with E-state index in [0.717, 1.165) is 29.0 Å². The summed E-state index contributed by atoms with van der Waals surface area (Å²) in [6.07, 6.45) is 0.786. The van der Waals surface area contributed by atoms with Crippen LogP contribution in [0.15, 0.2) is 60.7 Å². The number of aliphatic hydroxyl groups excluding tert-OH is 1. The number of aryl methyl sites for hydroxylation is 1. The Morgan fingerprint density at radius 3 is 2.29 bits per heavy atom. The van der Waals surface area contributed by atoms with Gasteiger partial charge in [-0.3, -0.25) is 14.5 Å². The molecule has 9 nitrogen and oxygen atoms in total. The first-order valence-corrected chi connectivity index (χ1v) is 16.0. The molecule has 2 unspecified atom stereocenters. The Hall–Kier alpha value is -2.92. The number of rotatable bonds is 13. The molecule has 0 spiro atoms. The first-order chi connectivity index (χ1) is 20.0. The van der Waals surface area contributed by atoms with Crippen LogP contribution >= 0.6 is 11.8 Å². The molecule has 0 saturated carbocycles. The van der Waals surface area contributed by atoms with Crippen molar-refractivity contribution in [3.63, 3.8) is 0 Å². The highest BCUT2D eigenvalue weighted by Crippen LogP contribution is 2.27. The molecule has 230 valence electrons. The van der Waals surface area contributed by atoms with Gasteiger partial charge in [-0.1, -0.05) is 60.7 Å². The van der Waals surface area contributed by atoms with Crippen LogP contribution in [0.3, 0.4) is 0 Å². The number of aliphatic hydroxyl groups is 1. The summed E-state index contributed by atoms with van der Waals surface area (Å²) in [6.45, 7) is 6.82. The summed E-state index contributed by atoms with van der Waals surface area (Å²) in [5.74, 6) is -0.446. The lowest BCUT2D eigenvalue weighted by Crippen LogP contribution is -2.64. The van der Waals surface area contributed by atoms with E-state index in [1.165, 1.54) is 11.8 Å². The van der Waals surface area contributed by atoms with E-state index in [0.29, 0.717) is 25.0 Å². The second-order valence-corrected chi connectivity index (χ2v) is 12.7. The Labute approximate surface area is 254 Å². The van der Waals surface area contributed by atoms with E-state index in [9.17, 15) is 19.5 Å². The number of nitrogens with one attached hydrogen (secondary N) is 1. The van der Waals surface area contributed by atoms with E-state index < -0.39 is 36.4 Å². The minimum absolute atomic E-state index is 0.0787. The Balaban J connectivity index is 1.92. The summed E-state index contributed by atoms with van der Waals surface area (Å²) in [5, 5.41) is 14.4. The number of likely N-dealkylation sites (tertiary alicyclic amines) is 1. The standard InChI is InChI=1S/C32H46N4O5S/c1-32(2,3)35-20-11-16-26(35)29(38)34-28(27(37)18-17-23-12-7-5-8-13-23)36(30(39)25(33)19-21-42-4)31(40)41-22-24-14-9-6-10-15-24/h5-10,12-15,25-28,37H,11,16-22,33H2,1-4H3,(H,34,38)/t25-,26+,27?,28?/m0/s1. The van der Waals surface area contributed by atoms with Crippen LogP contribution in [0, 0.1) is 0 Å². The number of thioether (sulfide) groups is 1. The molecule has 1 saturated heterocycles. The van der Waals surface area contributed by atoms with E-state index in [1.807, 2.05) is 75.6 Å². The molecule has 0 bridgehead atoms. The number of hydrogen-bond donors (Lipinski definition) is 3. The molecule has 42 heavy (non-hydrogen) atoms. The number of hydrogen-bond acceptors (Lipinski definition) is 8. The number of amides is 3. The van der Waals surface area contributed by atoms with Crippen LogP contribution in [0.1, 0.15) is 57.6 Å². The first kappa shape index (κ1) is 33.6. The molecule has 0 aromatic heterocycles. The third-order valence-electron chi connectivity index (χ3n) is 7.51. The Kier molecular flexibility index (Phi) is 12.8. The maximum atomic E-state index is 13.8. The molecule has 0 radical (unpaired) electrons. The van der Waals surface area contributed by atoms with Gasteiger partial charge in [0.15, 0.2) is 0 Å². The number of carbonyl (C=O) groups excluding carboxylic acids is 3. The summed E-state index contributed by atoms with van der Waals surface area (Å²) >= 11 is 1.53. The lowest BCUT2D eigenvalue weighted by Gasteiger charge is -2.39. The van der Waals surface area contributed by atoms with Crippen LogP contribution in [-0.4, -0.2) is 81.3 Å². The van der Waals surface area contributed by atoms with Gasteiger partial charge in [-0.05, 0) is 82.6 Å². The largest absolute Gasteiger partial charge is 0.444 e. The Morgan fingerprint density at radius 2 is 1.69 bits per heavy atom. The third kappa shape index (κ3) is 9.55. The summed E-state index contributed by atoms with van der Waals surface area (Å²) in [4.78, 5) is 44.1. The van der Waals surface area contributed by atoms with Crippen LogP contribution in [0.2, 0.25) is 0 Å². The average Bonchev–Trinajstić information content (AvgIpc) is 3.49. The molecule has 1 fully saturated rings. The maximum absolute atomic E-state index is 13.8. The number of nitrogens with two attached hydrogens (primary N) is 1. The molecule has 4 atom stereocenters. The number of benzene rings is 2. The maximum Gasteiger partial charge on any atom is 0.418 e. The fraction of sp³-hybridized carbons (Fsp3) is 0.531. The van der Waals surface area contributed by atoms with Crippen molar-refractivity contribution in [3.8, 4) is 0 Å². The molecule has 1 heterocycles. The van der Waals surface area contributed by atoms with Gasteiger partial charge >= 0.3 is 6.09 Å². The normalized spacial score (nSPS) is 17.7. The monoisotopic (exact) mass is 598 g/mol. The molecule has 0 aliphatic carbocycles. The van der Waals surface area contributed by atoms with Gasteiger partial charge in [0.1, 0.15) is 12.8 Å². The third-order valence-corrected chi connectivity index (χ3v) is 8.15. The van der Waals surface area contributed by atoms with Gasteiger partial charge in [-0.15, -0.1) is 0 Å². The molecule has 1 aliphatic heterocycles. The average molecular weight is 599 g/mol. The molecular formula is C32H46N4O5S. The van der Waals surface area contributed by atoms with E-state index in [1.54, 1.807) is 12.1 Å². The van der Waals surface area contributed by atoms with E-state index in [-0.39, 0.29) is 24.5 Å². The van der Waals surface area contributed by atoms with Gasteiger partial charge in [0.05, 0.1) is 18.2 Å². The molecule has 2 aromatic carbocycles. The quantitative estimate of drug-likeness (QED) is 0.296. The van der Waals surface area contributed by atoms with Crippen molar-refractivity contribution >= 4 is 29.7 Å². The molecule has 1 aliphatic rings. The second-order valence-electron chi connectivity index (χ2n) is 11.7. The van der Waals surface area contributed by atoms with Crippen molar-refractivity contribution in [1.29, 1.82) is 0 Å². The fourth-order valence-electron chi connectivity index (χ4n) is 5.21. The van der Waals surface area contributed by atoms with Crippen molar-refractivity contribution in [3.05, 3.63) is 71.8 Å². The van der Waals surface area contributed by atoms with Gasteiger partial charge in [-0.2, -0.15) is 11.8 Å². The second kappa shape index (κ2) is 16.1. The number of ether oxygens (including phenoxy) is 1. The van der Waals surface area contributed by atoms with Gasteiger partial charge < -0.3 is 20.9 Å². The first-order valence-electron chi connectivity index (χ1n) is 14.6. The molecular weight excluding hydrogens is 552 g/mol. The SMILES string of the molecule is CSCC[C@H](N)C(=O)N(C(=O)OCc1ccccc1)C(NC(=O)[C@H]1CCCN1C(C)(C)C)C(O)CCc1ccccc1. The Morgan fingerprint density at radius 1 is 1.07 bits per heavy atom. The van der Waals surface area contributed by atoms with E-state index in [2.05, 4.69) is 10.2 Å². The lowest BCUT2D eigenvalue weighted by molar-refractivity contribution is -0.140. The molecule has 3 amide bonds. The van der Waals surface area contributed by atoms with Gasteiger partial charge in [0.2, 0.25) is 5.91 Å². The van der Waals surface area contributed by atoms with Crippen molar-refractivity contribution in [2.24, 2.45) is 5.73 Å². The predicted molar refractivity (Wildman–Crippen MR) is 167 cm³/mol. The van der Waals surface area contributed by atoms with Crippen LogP contribution in [0.5, 0.6) is 0 Å². The van der Waals surface area contributed by atoms with Crippen molar-refractivity contribution in [1.82, 2.24) is 15.1 Å². The number of imide groups is 1. The highest BCUT2D eigenvalue weighted by atomic mass is 32.2. The van der Waals surface area contributed by atoms with Crippen molar-refractivity contribution in [2.45, 2.75) is 89.4 Å². The minimum Gasteiger partial charge on any atom is -0.444 e. The topological polar surface area (TPSA) is 125 Å². The summed E-state index contributed by atoms with van der Waals surface area (Å²) in [5.41, 5.74) is 7.73. The zero-order valence-corrected chi connectivity index (χ0v) is 26.0. The highest BCUT2D eigenvalue weighted by Gasteiger charge is 2.43. The van der Waals surface area contributed by atoms with Gasteiger partial charge in [-0.25, -0.2) is 9.69 Å². The zero-order valence-electron chi connectivity index (χ0n) is 25.2. The summed E-state index contributed by atoms with van der Waals surface area (Å²) in [7, 11) is 0. The number of nitrogens with zero attached hydrogens (tertiary/aromatic N) is 2. The smallest absolute Gasteiger partial charge is 0.418 e. The van der Waals surface area contributed by atoms with Crippen LogP contribution in [0.4, 0.5) is 4.79 Å². The molecule has 2 aromatic rings. The van der Waals surface area contributed by atoms with Crippen LogP contribution in [-0.2, 0) is 27.4 Å². The molecule has 4 N–H and O–H groups in total. The van der Waals surface area contributed by atoms with Gasteiger partial charge in [0, 0.05) is 5.54 Å². The van der Waals surface area contributed by atoms with Gasteiger partial charge in [0.25, 0.3) is 5.91 Å². The Bertz CT molecular complexity index is 1140. The predicted octanol–water partition coefficient (Wildman–Crippen LogP) is 3.93. The van der Waals surface area contributed by atoms with Crippen LogP contribution < -0.4 is 11.1 Å². The van der Waals surface area contributed by atoms with E-state index in [4.69, 9.17) is 10.5 Å². The number of carbonyl (C=O) groups is 3. The lowest BCUT2D eigenvalue weighted by atomic mass is 10.0. The van der Waals surface area contributed by atoms with Crippen molar-refractivity contribution in [2.75, 3.05) is 18.6 Å². The van der Waals surface area contributed by atoms with Crippen molar-refractivity contribution < 1.29 is 24.2 Å². The van der Waals surface area contributed by atoms with E-state index >= 15 is 0 Å². The highest BCUT2D eigenvalue weighted by molar-refractivity contribution is 7.98. The summed E-state index contributed by atoms with van der Waals surface area (Å²) in [6, 6.07) is 17.2. The fourth-order valence-corrected chi connectivity index (χ4v) is 5.70. The molecule has 10 heteroatoms. The molecule has 3 rings (SSSR count).